The van der Waals surface area contributed by atoms with E-state index in [0.29, 0.717) is 0 Å². The van der Waals surface area contributed by atoms with Crippen LogP contribution < -0.4 is 0 Å². The molecule has 1 atom stereocenters. The summed E-state index contributed by atoms with van der Waals surface area (Å²) >= 11 is 0. The van der Waals surface area contributed by atoms with Gasteiger partial charge in [-0.1, -0.05) is 6.58 Å². The van der Waals surface area contributed by atoms with Gasteiger partial charge >= 0.3 is 41.2 Å². The van der Waals surface area contributed by atoms with Crippen LogP contribution in [0.3, 0.4) is 0 Å². The largest absolute Gasteiger partial charge is 0.743 e. The summed E-state index contributed by atoms with van der Waals surface area (Å²) in [7, 11) is -7.05. The molecule has 19 heteroatoms. The van der Waals surface area contributed by atoms with Gasteiger partial charge in [-0.15, -0.1) is 0 Å². The maximum absolute atomic E-state index is 13.9. The Morgan fingerprint density at radius 1 is 1.00 bits per heavy atom. The first kappa shape index (κ1) is 32.8. The molecule has 0 heterocycles. The molecule has 0 fully saturated rings. The molecule has 35 heavy (non-hydrogen) atoms. The van der Waals surface area contributed by atoms with E-state index < -0.39 is 82.5 Å². The fourth-order valence-corrected chi connectivity index (χ4v) is 2.76. The van der Waals surface area contributed by atoms with E-state index in [9.17, 15) is 66.5 Å². The van der Waals surface area contributed by atoms with E-state index in [4.69, 9.17) is 0 Å². The van der Waals surface area contributed by atoms with Gasteiger partial charge in [0, 0.05) is 19.0 Å². The fourth-order valence-electron chi connectivity index (χ4n) is 2.29. The first-order valence-corrected chi connectivity index (χ1v) is 10.4. The fraction of sp³-hybridized carbons (Fsp3) is 0.750. The van der Waals surface area contributed by atoms with Crippen LogP contribution in [0, 0.1) is 0 Å². The predicted molar refractivity (Wildman–Crippen MR) is 92.8 cm³/mol. The topological polar surface area (TPSA) is 113 Å². The number of hydrogen-bond acceptors (Lipinski definition) is 7. The van der Waals surface area contributed by atoms with E-state index in [1.54, 1.807) is 0 Å². The van der Waals surface area contributed by atoms with Gasteiger partial charge < -0.3 is 18.9 Å². The standard InChI is InChI=1S/C16H19F10NO7S/c1-5-27(8(2)3)11(29)13(15(22,23)24,34-10(28)9(4)14(19,20)21)33-7-6-12(17,18)16(25,26)35(30,31)32/h8H,4-7H2,1-3H3,(H,30,31,32)/p-1. The third-order valence-electron chi connectivity index (χ3n) is 4.17. The summed E-state index contributed by atoms with van der Waals surface area (Å²) in [5.74, 6) is -16.3. The highest BCUT2D eigenvalue weighted by atomic mass is 32.2. The van der Waals surface area contributed by atoms with Crippen molar-refractivity contribution in [2.45, 2.75) is 62.6 Å². The molecule has 1 unspecified atom stereocenters. The molecule has 0 aromatic carbocycles. The van der Waals surface area contributed by atoms with Crippen LogP contribution in [0.5, 0.6) is 0 Å². The van der Waals surface area contributed by atoms with Crippen molar-refractivity contribution in [3.8, 4) is 0 Å². The Kier molecular flexibility index (Phi) is 9.81. The van der Waals surface area contributed by atoms with Gasteiger partial charge in [-0.25, -0.2) is 13.2 Å². The van der Waals surface area contributed by atoms with Crippen LogP contribution in [-0.2, 0) is 29.2 Å². The van der Waals surface area contributed by atoms with Crippen molar-refractivity contribution >= 4 is 22.0 Å². The molecule has 0 bridgehead atoms. The molecule has 0 spiro atoms. The second-order valence-corrected chi connectivity index (χ2v) is 8.36. The normalized spacial score (nSPS) is 15.5. The van der Waals surface area contributed by atoms with Crippen LogP contribution in [0.2, 0.25) is 0 Å². The van der Waals surface area contributed by atoms with Crippen molar-refractivity contribution in [1.82, 2.24) is 4.90 Å². The van der Waals surface area contributed by atoms with Gasteiger partial charge in [0.2, 0.25) is 0 Å². The van der Waals surface area contributed by atoms with Crippen LogP contribution in [-0.4, -0.2) is 78.3 Å². The van der Waals surface area contributed by atoms with Crippen molar-refractivity contribution < 1.29 is 75.9 Å². The zero-order chi connectivity index (χ0) is 28.4. The van der Waals surface area contributed by atoms with E-state index >= 15 is 0 Å². The van der Waals surface area contributed by atoms with Gasteiger partial charge in [-0.3, -0.25) is 4.79 Å². The number of rotatable bonds is 11. The van der Waals surface area contributed by atoms with Gasteiger partial charge in [0.15, 0.2) is 10.1 Å². The number of nitrogens with zero attached hydrogens (tertiary/aromatic N) is 1. The van der Waals surface area contributed by atoms with Gasteiger partial charge in [0.25, 0.3) is 0 Å². The molecule has 0 N–H and O–H groups in total. The monoisotopic (exact) mass is 558 g/mol. The number of hydrogen-bond donors (Lipinski definition) is 0. The molecule has 0 aliphatic rings. The second kappa shape index (κ2) is 10.5. The minimum Gasteiger partial charge on any atom is -0.743 e. The zero-order valence-electron chi connectivity index (χ0n) is 17.9. The van der Waals surface area contributed by atoms with Crippen LogP contribution in [0.15, 0.2) is 12.2 Å². The number of carbonyl (C=O) groups is 2. The minimum absolute atomic E-state index is 0.228. The maximum atomic E-state index is 13.9. The average Bonchev–Trinajstić information content (AvgIpc) is 2.63. The highest BCUT2D eigenvalue weighted by Crippen LogP contribution is 2.43. The van der Waals surface area contributed by atoms with E-state index in [-0.39, 0.29) is 4.90 Å². The van der Waals surface area contributed by atoms with Crippen LogP contribution in [0.4, 0.5) is 43.9 Å². The van der Waals surface area contributed by atoms with Crippen molar-refractivity contribution in [3.05, 3.63) is 12.2 Å². The minimum atomic E-state index is -7.05. The summed E-state index contributed by atoms with van der Waals surface area (Å²) in [4.78, 5) is 24.6. The van der Waals surface area contributed by atoms with Gasteiger partial charge in [0.05, 0.1) is 6.61 Å². The molecule has 0 saturated heterocycles. The van der Waals surface area contributed by atoms with Crippen LogP contribution in [0.25, 0.3) is 0 Å². The van der Waals surface area contributed by atoms with Crippen molar-refractivity contribution in [3.63, 3.8) is 0 Å². The quantitative estimate of drug-likeness (QED) is 0.126. The van der Waals surface area contributed by atoms with E-state index in [2.05, 4.69) is 16.1 Å². The number of halogens is 10. The lowest BCUT2D eigenvalue weighted by atomic mass is 10.1. The van der Waals surface area contributed by atoms with Crippen LogP contribution >= 0.6 is 0 Å². The number of alkyl halides is 10. The highest BCUT2D eigenvalue weighted by Gasteiger charge is 2.69. The second-order valence-electron chi connectivity index (χ2n) is 6.94. The molecule has 0 aromatic heterocycles. The summed E-state index contributed by atoms with van der Waals surface area (Å²) in [5, 5.41) is -6.36. The van der Waals surface area contributed by atoms with Gasteiger partial charge in [-0.2, -0.15) is 43.9 Å². The van der Waals surface area contributed by atoms with E-state index in [0.717, 1.165) is 20.8 Å². The summed E-state index contributed by atoms with van der Waals surface area (Å²) in [5.41, 5.74) is -2.58. The Bertz CT molecular complexity index is 915. The van der Waals surface area contributed by atoms with Crippen molar-refractivity contribution in [2.75, 3.05) is 13.2 Å². The zero-order valence-corrected chi connectivity index (χ0v) is 18.7. The molecule has 0 saturated carbocycles. The Labute approximate surface area is 191 Å². The number of likely N-dealkylation sites (N-methyl/N-ethyl adjacent to an activating group) is 1. The van der Waals surface area contributed by atoms with E-state index in [1.807, 2.05) is 0 Å². The Morgan fingerprint density at radius 2 is 1.46 bits per heavy atom. The summed E-state index contributed by atoms with van der Waals surface area (Å²) in [6.45, 7) is 2.42. The lowest BCUT2D eigenvalue weighted by Gasteiger charge is -2.38. The SMILES string of the molecule is C=C(C(=O)OC(OCCC(F)(F)C(F)(F)S(=O)(=O)[O-])(C(=O)N(CC)C(C)C)C(F)(F)F)C(F)(F)F. The van der Waals surface area contributed by atoms with Crippen molar-refractivity contribution in [2.24, 2.45) is 0 Å². The number of amides is 1. The molecule has 8 nitrogen and oxygen atoms in total. The molecule has 1 amide bonds. The van der Waals surface area contributed by atoms with Gasteiger partial charge in [-0.05, 0) is 20.8 Å². The summed E-state index contributed by atoms with van der Waals surface area (Å²) in [6, 6.07) is -1.18. The number of ether oxygens (including phenoxy) is 2. The molecule has 206 valence electrons. The summed E-state index contributed by atoms with van der Waals surface area (Å²) < 4.78 is 172. The Morgan fingerprint density at radius 3 is 1.77 bits per heavy atom. The third-order valence-corrected chi connectivity index (χ3v) is 5.09. The highest BCUT2D eigenvalue weighted by molar-refractivity contribution is 7.86. The molecule has 0 aromatic rings. The molecular formula is C16H18F10NO7S-. The van der Waals surface area contributed by atoms with Gasteiger partial charge in [0.1, 0.15) is 5.57 Å². The maximum Gasteiger partial charge on any atom is 0.466 e. The van der Waals surface area contributed by atoms with Crippen LogP contribution in [0.1, 0.15) is 27.2 Å². The first-order chi connectivity index (χ1) is 15.3. The third kappa shape index (κ3) is 6.96. The average molecular weight is 558 g/mol. The smallest absolute Gasteiger partial charge is 0.466 e. The molecule has 0 rings (SSSR count). The Balaban J connectivity index is 6.55. The first-order valence-electron chi connectivity index (χ1n) is 9.02. The molecule has 0 aliphatic carbocycles. The Hall–Kier alpha value is -2.15. The molecule has 0 radical (unpaired) electrons. The summed E-state index contributed by atoms with van der Waals surface area (Å²) in [6.07, 6.45) is -14.7. The predicted octanol–water partition coefficient (Wildman–Crippen LogP) is 3.34. The van der Waals surface area contributed by atoms with E-state index in [1.165, 1.54) is 0 Å². The number of esters is 1. The molecule has 0 aliphatic heterocycles. The lowest BCUT2D eigenvalue weighted by molar-refractivity contribution is -0.354. The lowest BCUT2D eigenvalue weighted by Crippen LogP contribution is -2.63. The van der Waals surface area contributed by atoms with Crippen molar-refractivity contribution in [1.29, 1.82) is 0 Å². The molecular weight excluding hydrogens is 540 g/mol. The number of carbonyl (C=O) groups excluding carboxylic acids is 2.